The number of hydrogen-bond acceptors (Lipinski definition) is 3. The summed E-state index contributed by atoms with van der Waals surface area (Å²) in [5.41, 5.74) is 0.173. The zero-order chi connectivity index (χ0) is 12.7. The van der Waals surface area contributed by atoms with E-state index in [1.807, 2.05) is 0 Å². The quantitative estimate of drug-likeness (QED) is 0.850. The molecule has 2 aliphatic heterocycles. The Morgan fingerprint density at radius 3 is 2.89 bits per heavy atom. The minimum absolute atomic E-state index is 0.0631. The second-order valence-electron chi connectivity index (χ2n) is 4.65. The van der Waals surface area contributed by atoms with E-state index in [2.05, 4.69) is 10.3 Å². The van der Waals surface area contributed by atoms with Crippen molar-refractivity contribution in [3.63, 3.8) is 0 Å². The molecule has 2 bridgehead atoms. The number of ether oxygens (including phenoxy) is 1. The van der Waals surface area contributed by atoms with E-state index < -0.39 is 0 Å². The van der Waals surface area contributed by atoms with E-state index in [1.54, 1.807) is 12.1 Å². The van der Waals surface area contributed by atoms with Gasteiger partial charge in [-0.05, 0) is 31.4 Å². The molecule has 1 N–H and O–H groups in total. The summed E-state index contributed by atoms with van der Waals surface area (Å²) in [6, 6.07) is 3.19. The predicted octanol–water partition coefficient (Wildman–Crippen LogP) is 2.44. The summed E-state index contributed by atoms with van der Waals surface area (Å²) >= 11 is 11.7. The molecule has 2 saturated heterocycles. The van der Waals surface area contributed by atoms with Crippen LogP contribution in [0, 0.1) is 0 Å². The number of nitrogens with zero attached hydrogens (tertiary/aromatic N) is 1. The van der Waals surface area contributed by atoms with Gasteiger partial charge < -0.3 is 10.1 Å². The summed E-state index contributed by atoms with van der Waals surface area (Å²) in [7, 11) is 0. The molecule has 3 unspecified atom stereocenters. The Hall–Kier alpha value is -0.840. The zero-order valence-corrected chi connectivity index (χ0v) is 11.0. The molecule has 1 aromatic heterocycles. The fraction of sp³-hybridized carbons (Fsp3) is 0.500. The minimum Gasteiger partial charge on any atom is -0.373 e. The minimum atomic E-state index is -0.288. The summed E-state index contributed by atoms with van der Waals surface area (Å²) in [6.07, 6.45) is 3.40. The van der Waals surface area contributed by atoms with Crippen LogP contribution in [0.5, 0.6) is 0 Å². The number of nitrogens with one attached hydrogen (secondary N) is 1. The van der Waals surface area contributed by atoms with E-state index in [0.29, 0.717) is 11.1 Å². The van der Waals surface area contributed by atoms with Crippen molar-refractivity contribution in [2.24, 2.45) is 0 Å². The van der Waals surface area contributed by atoms with Crippen LogP contribution in [0.4, 0.5) is 0 Å². The first kappa shape index (κ1) is 12.2. The normalized spacial score (nSPS) is 29.6. The van der Waals surface area contributed by atoms with Crippen LogP contribution < -0.4 is 5.32 Å². The maximum atomic E-state index is 12.1. The van der Waals surface area contributed by atoms with Crippen LogP contribution in [0.25, 0.3) is 0 Å². The number of carbonyl (C=O) groups is 1. The number of hydrogen-bond donors (Lipinski definition) is 1. The molecular formula is C12H12Cl2N2O2. The molecule has 0 saturated carbocycles. The van der Waals surface area contributed by atoms with Crippen molar-refractivity contribution in [1.82, 2.24) is 10.3 Å². The Kier molecular flexibility index (Phi) is 3.18. The van der Waals surface area contributed by atoms with Gasteiger partial charge in [-0.3, -0.25) is 4.79 Å². The lowest BCUT2D eigenvalue weighted by Crippen LogP contribution is -2.41. The molecule has 0 aromatic carbocycles. The van der Waals surface area contributed by atoms with Crippen LogP contribution in [0.15, 0.2) is 12.1 Å². The average molecular weight is 287 g/mol. The number of pyridine rings is 1. The van der Waals surface area contributed by atoms with Crippen molar-refractivity contribution in [2.45, 2.75) is 37.5 Å². The SMILES string of the molecule is O=C(NC1CC2CCC1O2)c1nc(Cl)ccc1Cl. The van der Waals surface area contributed by atoms with E-state index in [9.17, 15) is 4.79 Å². The highest BCUT2D eigenvalue weighted by molar-refractivity contribution is 6.34. The molecule has 3 heterocycles. The molecule has 3 rings (SSSR count). The molecule has 4 nitrogen and oxygen atoms in total. The summed E-state index contributed by atoms with van der Waals surface area (Å²) in [5.74, 6) is -0.288. The molecule has 0 spiro atoms. The Morgan fingerprint density at radius 2 is 2.22 bits per heavy atom. The molecule has 3 atom stereocenters. The lowest BCUT2D eigenvalue weighted by Gasteiger charge is -2.19. The fourth-order valence-corrected chi connectivity index (χ4v) is 2.94. The second-order valence-corrected chi connectivity index (χ2v) is 5.45. The second kappa shape index (κ2) is 4.68. The molecule has 0 aliphatic carbocycles. The first-order chi connectivity index (χ1) is 8.63. The standard InChI is InChI=1S/C12H12Cl2N2O2/c13-7-2-4-10(14)16-11(7)12(17)15-8-5-6-1-3-9(8)18-6/h2,4,6,8-9H,1,3,5H2,(H,15,17). The summed E-state index contributed by atoms with van der Waals surface area (Å²) in [4.78, 5) is 16.0. The lowest BCUT2D eigenvalue weighted by molar-refractivity contribution is 0.0837. The first-order valence-corrected chi connectivity index (χ1v) is 6.67. The third kappa shape index (κ3) is 2.20. The third-order valence-electron chi connectivity index (χ3n) is 3.45. The molecule has 2 aliphatic rings. The third-order valence-corrected chi connectivity index (χ3v) is 3.97. The first-order valence-electron chi connectivity index (χ1n) is 5.92. The predicted molar refractivity (Wildman–Crippen MR) is 68.0 cm³/mol. The highest BCUT2D eigenvalue weighted by Crippen LogP contribution is 2.34. The maximum Gasteiger partial charge on any atom is 0.271 e. The Morgan fingerprint density at radius 1 is 1.39 bits per heavy atom. The number of amides is 1. The zero-order valence-electron chi connectivity index (χ0n) is 9.53. The Balaban J connectivity index is 1.73. The van der Waals surface area contributed by atoms with Crippen LogP contribution in [-0.2, 0) is 4.74 Å². The molecule has 1 amide bonds. The van der Waals surface area contributed by atoms with Crippen LogP contribution in [0.1, 0.15) is 29.8 Å². The Labute approximate surface area is 115 Å². The van der Waals surface area contributed by atoms with Gasteiger partial charge in [-0.25, -0.2) is 4.98 Å². The van der Waals surface area contributed by atoms with Gasteiger partial charge in [0.15, 0.2) is 0 Å². The van der Waals surface area contributed by atoms with Gasteiger partial charge in [-0.1, -0.05) is 23.2 Å². The fourth-order valence-electron chi connectivity index (χ4n) is 2.60. The van der Waals surface area contributed by atoms with Crippen molar-refractivity contribution in [3.05, 3.63) is 28.0 Å². The molecule has 18 heavy (non-hydrogen) atoms. The largest absolute Gasteiger partial charge is 0.373 e. The van der Waals surface area contributed by atoms with Crippen LogP contribution in [-0.4, -0.2) is 29.1 Å². The van der Waals surface area contributed by atoms with E-state index >= 15 is 0 Å². The Bertz CT molecular complexity index is 495. The van der Waals surface area contributed by atoms with Gasteiger partial charge in [0.25, 0.3) is 5.91 Å². The van der Waals surface area contributed by atoms with E-state index in [-0.39, 0.29) is 28.9 Å². The summed E-state index contributed by atoms with van der Waals surface area (Å²) < 4.78 is 5.68. The molecule has 6 heteroatoms. The smallest absolute Gasteiger partial charge is 0.271 e. The van der Waals surface area contributed by atoms with E-state index in [1.165, 1.54) is 0 Å². The molecule has 2 fully saturated rings. The van der Waals surface area contributed by atoms with Gasteiger partial charge in [0.05, 0.1) is 23.3 Å². The summed E-state index contributed by atoms with van der Waals surface area (Å²) in [5, 5.41) is 3.49. The highest BCUT2D eigenvalue weighted by Gasteiger charge is 2.41. The topological polar surface area (TPSA) is 51.2 Å². The number of rotatable bonds is 2. The highest BCUT2D eigenvalue weighted by atomic mass is 35.5. The maximum absolute atomic E-state index is 12.1. The summed E-state index contributed by atoms with van der Waals surface area (Å²) in [6.45, 7) is 0. The van der Waals surface area contributed by atoms with Crippen molar-refractivity contribution in [2.75, 3.05) is 0 Å². The molecule has 0 radical (unpaired) electrons. The van der Waals surface area contributed by atoms with Crippen LogP contribution >= 0.6 is 23.2 Å². The van der Waals surface area contributed by atoms with Crippen LogP contribution in [0.2, 0.25) is 10.2 Å². The molecule has 1 aromatic rings. The van der Waals surface area contributed by atoms with Crippen molar-refractivity contribution in [3.8, 4) is 0 Å². The van der Waals surface area contributed by atoms with Gasteiger partial charge in [0.2, 0.25) is 0 Å². The molecular weight excluding hydrogens is 275 g/mol. The van der Waals surface area contributed by atoms with Gasteiger partial charge in [0.1, 0.15) is 10.8 Å². The van der Waals surface area contributed by atoms with Crippen molar-refractivity contribution < 1.29 is 9.53 Å². The van der Waals surface area contributed by atoms with Gasteiger partial charge in [-0.15, -0.1) is 0 Å². The van der Waals surface area contributed by atoms with Gasteiger partial charge >= 0.3 is 0 Å². The van der Waals surface area contributed by atoms with Crippen molar-refractivity contribution >= 4 is 29.1 Å². The monoisotopic (exact) mass is 286 g/mol. The van der Waals surface area contributed by atoms with Gasteiger partial charge in [-0.2, -0.15) is 0 Å². The van der Waals surface area contributed by atoms with Crippen LogP contribution in [0.3, 0.4) is 0 Å². The van der Waals surface area contributed by atoms with Crippen molar-refractivity contribution in [1.29, 1.82) is 0 Å². The van der Waals surface area contributed by atoms with E-state index in [0.717, 1.165) is 19.3 Å². The lowest BCUT2D eigenvalue weighted by atomic mass is 9.95. The number of aromatic nitrogens is 1. The van der Waals surface area contributed by atoms with Gasteiger partial charge in [0, 0.05) is 0 Å². The molecule has 96 valence electrons. The number of fused-ring (bicyclic) bond motifs is 2. The number of halogens is 2. The average Bonchev–Trinajstić information content (AvgIpc) is 2.94. The number of carbonyl (C=O) groups excluding carboxylic acids is 1. The van der Waals surface area contributed by atoms with E-state index in [4.69, 9.17) is 27.9 Å².